The summed E-state index contributed by atoms with van der Waals surface area (Å²) in [6.07, 6.45) is 1.70. The summed E-state index contributed by atoms with van der Waals surface area (Å²) in [6.45, 7) is 10.4. The van der Waals surface area contributed by atoms with Crippen molar-refractivity contribution in [3.8, 4) is 10.4 Å². The van der Waals surface area contributed by atoms with E-state index in [1.165, 1.54) is 0 Å². The Morgan fingerprint density at radius 3 is 2.48 bits per heavy atom. The summed E-state index contributed by atoms with van der Waals surface area (Å²) < 4.78 is 0. The van der Waals surface area contributed by atoms with Gasteiger partial charge in [0.05, 0.1) is 16.1 Å². The van der Waals surface area contributed by atoms with Gasteiger partial charge < -0.3 is 15.5 Å². The predicted octanol–water partition coefficient (Wildman–Crippen LogP) is 3.67. The molecule has 2 aromatic rings. The lowest BCUT2D eigenvalue weighted by molar-refractivity contribution is -0.143. The van der Waals surface area contributed by atoms with E-state index in [1.807, 2.05) is 57.5 Å². The van der Waals surface area contributed by atoms with Crippen molar-refractivity contribution in [2.45, 2.75) is 72.5 Å². The van der Waals surface area contributed by atoms with Gasteiger partial charge in [-0.25, -0.2) is 4.98 Å². The number of nitrogens with zero attached hydrogens (tertiary/aromatic N) is 2. The maximum atomic E-state index is 13.3. The van der Waals surface area contributed by atoms with E-state index in [4.69, 9.17) is 0 Å². The van der Waals surface area contributed by atoms with Gasteiger partial charge in [-0.2, -0.15) is 0 Å². The Morgan fingerprint density at radius 2 is 1.91 bits per heavy atom. The molecule has 0 spiro atoms. The van der Waals surface area contributed by atoms with Crippen LogP contribution >= 0.6 is 11.3 Å². The van der Waals surface area contributed by atoms with Crippen molar-refractivity contribution in [2.75, 3.05) is 6.54 Å². The number of thiazole rings is 1. The first-order chi connectivity index (χ1) is 15.6. The smallest absolute Gasteiger partial charge is 0.246 e. The lowest BCUT2D eigenvalue weighted by Gasteiger charge is -2.35. The van der Waals surface area contributed by atoms with E-state index in [1.54, 1.807) is 23.2 Å². The Balaban J connectivity index is 1.63. The van der Waals surface area contributed by atoms with Crippen LogP contribution in [0.5, 0.6) is 0 Å². The Hall–Kier alpha value is -2.74. The average Bonchev–Trinajstić information content (AvgIpc) is 3.44. The van der Waals surface area contributed by atoms with E-state index in [-0.39, 0.29) is 17.7 Å². The minimum Gasteiger partial charge on any atom is -0.350 e. The van der Waals surface area contributed by atoms with E-state index in [0.29, 0.717) is 25.9 Å². The Morgan fingerprint density at radius 1 is 1.21 bits per heavy atom. The quantitative estimate of drug-likeness (QED) is 0.646. The van der Waals surface area contributed by atoms with Gasteiger partial charge in [-0.1, -0.05) is 52.0 Å². The van der Waals surface area contributed by atoms with Gasteiger partial charge in [0.1, 0.15) is 12.1 Å². The third-order valence-electron chi connectivity index (χ3n) is 6.01. The van der Waals surface area contributed by atoms with Crippen molar-refractivity contribution in [3.63, 3.8) is 0 Å². The summed E-state index contributed by atoms with van der Waals surface area (Å²) in [6, 6.07) is 6.90. The topological polar surface area (TPSA) is 91.4 Å². The molecule has 1 fully saturated rings. The third-order valence-corrected chi connectivity index (χ3v) is 6.98. The summed E-state index contributed by atoms with van der Waals surface area (Å²) in [7, 11) is 0. The van der Waals surface area contributed by atoms with Crippen LogP contribution in [0.1, 0.15) is 58.2 Å². The summed E-state index contributed by atoms with van der Waals surface area (Å²) in [5.74, 6) is -0.510. The molecule has 8 heteroatoms. The van der Waals surface area contributed by atoms with Crippen LogP contribution in [0.4, 0.5) is 0 Å². The number of hydrogen-bond acceptors (Lipinski definition) is 5. The zero-order chi connectivity index (χ0) is 24.2. The molecule has 0 saturated carbocycles. The minimum absolute atomic E-state index is 0.155. The fourth-order valence-electron chi connectivity index (χ4n) is 4.04. The number of rotatable bonds is 7. The van der Waals surface area contributed by atoms with Gasteiger partial charge in [0.25, 0.3) is 0 Å². The molecule has 1 aliphatic rings. The highest BCUT2D eigenvalue weighted by Crippen LogP contribution is 2.28. The van der Waals surface area contributed by atoms with Crippen molar-refractivity contribution in [1.82, 2.24) is 20.5 Å². The minimum atomic E-state index is -0.666. The fourth-order valence-corrected chi connectivity index (χ4v) is 4.85. The Bertz CT molecular complexity index is 994. The highest BCUT2D eigenvalue weighted by molar-refractivity contribution is 7.13. The summed E-state index contributed by atoms with van der Waals surface area (Å²) >= 11 is 1.61. The molecule has 7 nitrogen and oxygen atoms in total. The molecule has 2 N–H and O–H groups in total. The zero-order valence-electron chi connectivity index (χ0n) is 20.1. The Kier molecular flexibility index (Phi) is 7.89. The van der Waals surface area contributed by atoms with Crippen LogP contribution < -0.4 is 10.6 Å². The fraction of sp³-hybridized carbons (Fsp3) is 0.520. The van der Waals surface area contributed by atoms with Gasteiger partial charge in [-0.3, -0.25) is 14.4 Å². The van der Waals surface area contributed by atoms with Gasteiger partial charge in [0.2, 0.25) is 17.7 Å². The SMILES string of the molecule is CCC(=O)N[C@H](C(=O)N1CCC[C@H]1C(=O)NCc1ccc(-c2scnc2C)cc1)C(C)(C)C. The second-order valence-electron chi connectivity index (χ2n) is 9.59. The second-order valence-corrected chi connectivity index (χ2v) is 10.4. The number of carbonyl (C=O) groups excluding carboxylic acids is 3. The maximum Gasteiger partial charge on any atom is 0.246 e. The van der Waals surface area contributed by atoms with Gasteiger partial charge in [-0.15, -0.1) is 11.3 Å². The number of carbonyl (C=O) groups is 3. The molecule has 178 valence electrons. The van der Waals surface area contributed by atoms with Crippen molar-refractivity contribution in [1.29, 1.82) is 0 Å². The number of hydrogen-bond donors (Lipinski definition) is 2. The number of amides is 3. The molecule has 0 radical (unpaired) electrons. The van der Waals surface area contributed by atoms with Gasteiger partial charge in [0, 0.05) is 19.5 Å². The highest BCUT2D eigenvalue weighted by atomic mass is 32.1. The number of aryl methyl sites for hydroxylation is 1. The van der Waals surface area contributed by atoms with E-state index < -0.39 is 17.5 Å². The number of benzene rings is 1. The van der Waals surface area contributed by atoms with E-state index in [9.17, 15) is 14.4 Å². The number of likely N-dealkylation sites (tertiary alicyclic amines) is 1. The highest BCUT2D eigenvalue weighted by Gasteiger charge is 2.41. The molecule has 3 amide bonds. The van der Waals surface area contributed by atoms with Crippen LogP contribution in [0.3, 0.4) is 0 Å². The van der Waals surface area contributed by atoms with Crippen LogP contribution in [0, 0.1) is 12.3 Å². The van der Waals surface area contributed by atoms with Gasteiger partial charge in [0.15, 0.2) is 0 Å². The molecule has 1 saturated heterocycles. The molecular formula is C25H34N4O3S. The Labute approximate surface area is 200 Å². The van der Waals surface area contributed by atoms with Crippen molar-refractivity contribution in [2.24, 2.45) is 5.41 Å². The zero-order valence-corrected chi connectivity index (χ0v) is 20.9. The predicted molar refractivity (Wildman–Crippen MR) is 131 cm³/mol. The molecule has 2 atom stereocenters. The third kappa shape index (κ3) is 5.99. The first-order valence-corrected chi connectivity index (χ1v) is 12.4. The van der Waals surface area contributed by atoms with E-state index in [2.05, 4.69) is 15.6 Å². The van der Waals surface area contributed by atoms with Crippen LogP contribution in [0.15, 0.2) is 29.8 Å². The molecule has 1 aromatic carbocycles. The van der Waals surface area contributed by atoms with Crippen molar-refractivity contribution < 1.29 is 14.4 Å². The first kappa shape index (κ1) is 24.9. The lowest BCUT2D eigenvalue weighted by atomic mass is 9.85. The molecular weight excluding hydrogens is 436 g/mol. The second kappa shape index (κ2) is 10.5. The maximum absolute atomic E-state index is 13.3. The lowest BCUT2D eigenvalue weighted by Crippen LogP contribution is -2.57. The molecule has 3 rings (SSSR count). The van der Waals surface area contributed by atoms with Crippen LogP contribution in [-0.4, -0.2) is 46.2 Å². The molecule has 0 aliphatic carbocycles. The molecule has 2 heterocycles. The summed E-state index contributed by atoms with van der Waals surface area (Å²) in [4.78, 5) is 45.4. The van der Waals surface area contributed by atoms with Crippen LogP contribution in [-0.2, 0) is 20.9 Å². The standard InChI is InChI=1S/C25H34N4O3S/c1-6-20(30)28-22(25(3,4)5)24(32)29-13-7-8-19(29)23(31)26-14-17-9-11-18(12-10-17)21-16(2)27-15-33-21/h9-12,15,19,22H,6-8,13-14H2,1-5H3,(H,26,31)(H,28,30)/t19-,22+/m0/s1. The van der Waals surface area contributed by atoms with Crippen molar-refractivity contribution in [3.05, 3.63) is 41.0 Å². The molecule has 1 aromatic heterocycles. The van der Waals surface area contributed by atoms with E-state index >= 15 is 0 Å². The average molecular weight is 471 g/mol. The summed E-state index contributed by atoms with van der Waals surface area (Å²) in [5, 5.41) is 5.85. The normalized spacial score (nSPS) is 17.0. The van der Waals surface area contributed by atoms with Crippen LogP contribution in [0.2, 0.25) is 0 Å². The van der Waals surface area contributed by atoms with E-state index in [0.717, 1.165) is 28.1 Å². The number of nitrogens with one attached hydrogen (secondary N) is 2. The molecule has 0 bridgehead atoms. The molecule has 33 heavy (non-hydrogen) atoms. The van der Waals surface area contributed by atoms with Gasteiger partial charge in [-0.05, 0) is 36.3 Å². The largest absolute Gasteiger partial charge is 0.350 e. The first-order valence-electron chi connectivity index (χ1n) is 11.5. The monoisotopic (exact) mass is 470 g/mol. The number of aromatic nitrogens is 1. The van der Waals surface area contributed by atoms with Crippen molar-refractivity contribution >= 4 is 29.1 Å². The molecule has 1 aliphatic heterocycles. The van der Waals surface area contributed by atoms with Gasteiger partial charge >= 0.3 is 0 Å². The van der Waals surface area contributed by atoms with Crippen LogP contribution in [0.25, 0.3) is 10.4 Å². The molecule has 0 unspecified atom stereocenters. The summed E-state index contributed by atoms with van der Waals surface area (Å²) in [5.41, 5.74) is 4.50.